The second kappa shape index (κ2) is 5.45. The van der Waals surface area contributed by atoms with Crippen LogP contribution in [0.4, 0.5) is 24.5 Å². The molecule has 3 N–H and O–H groups in total. The fraction of sp³-hybridized carbons (Fsp3) is 0. The minimum absolute atomic E-state index is 0.124. The van der Waals surface area contributed by atoms with E-state index in [0.29, 0.717) is 12.1 Å². The molecular formula is C12H8ClF3N2O2S. The number of sulfonamides is 1. The van der Waals surface area contributed by atoms with Gasteiger partial charge in [0.2, 0.25) is 0 Å². The molecule has 0 saturated heterocycles. The van der Waals surface area contributed by atoms with Crippen molar-refractivity contribution in [3.8, 4) is 0 Å². The summed E-state index contributed by atoms with van der Waals surface area (Å²) < 4.78 is 65.6. The first-order valence-electron chi connectivity index (χ1n) is 5.42. The minimum atomic E-state index is -4.33. The number of benzene rings is 2. The van der Waals surface area contributed by atoms with Crippen LogP contribution in [-0.2, 0) is 10.0 Å². The molecule has 2 aromatic rings. The molecule has 21 heavy (non-hydrogen) atoms. The summed E-state index contributed by atoms with van der Waals surface area (Å²) in [5, 5.41) is -0.472. The molecule has 0 saturated carbocycles. The van der Waals surface area contributed by atoms with Crippen LogP contribution >= 0.6 is 11.6 Å². The molecule has 0 amide bonds. The molecular weight excluding hydrogens is 329 g/mol. The molecule has 0 bridgehead atoms. The van der Waals surface area contributed by atoms with E-state index in [1.807, 2.05) is 4.72 Å². The summed E-state index contributed by atoms with van der Waals surface area (Å²) in [5.74, 6) is -3.04. The predicted octanol–water partition coefficient (Wildman–Crippen LogP) is 3.14. The van der Waals surface area contributed by atoms with E-state index < -0.39 is 43.1 Å². The van der Waals surface area contributed by atoms with E-state index >= 15 is 0 Å². The van der Waals surface area contributed by atoms with Crippen LogP contribution in [0.15, 0.2) is 35.2 Å². The van der Waals surface area contributed by atoms with Gasteiger partial charge in [-0.3, -0.25) is 4.72 Å². The van der Waals surface area contributed by atoms with Crippen molar-refractivity contribution >= 4 is 33.0 Å². The van der Waals surface area contributed by atoms with Gasteiger partial charge in [-0.2, -0.15) is 0 Å². The fourth-order valence-corrected chi connectivity index (χ4v) is 3.02. The van der Waals surface area contributed by atoms with Crippen molar-refractivity contribution in [2.24, 2.45) is 0 Å². The van der Waals surface area contributed by atoms with Crippen LogP contribution in [0, 0.1) is 17.5 Å². The Morgan fingerprint density at radius 1 is 1.00 bits per heavy atom. The highest BCUT2D eigenvalue weighted by atomic mass is 35.5. The Kier molecular flexibility index (Phi) is 4.02. The van der Waals surface area contributed by atoms with E-state index in [4.69, 9.17) is 17.3 Å². The Morgan fingerprint density at radius 3 is 2.19 bits per heavy atom. The molecule has 0 aliphatic rings. The van der Waals surface area contributed by atoms with Crippen molar-refractivity contribution in [3.05, 3.63) is 52.8 Å². The zero-order valence-corrected chi connectivity index (χ0v) is 11.8. The topological polar surface area (TPSA) is 72.2 Å². The minimum Gasteiger partial charge on any atom is -0.399 e. The van der Waals surface area contributed by atoms with E-state index in [1.165, 1.54) is 0 Å². The second-order valence-electron chi connectivity index (χ2n) is 4.07. The number of hydrogen-bond acceptors (Lipinski definition) is 3. The quantitative estimate of drug-likeness (QED) is 0.846. The van der Waals surface area contributed by atoms with Crippen molar-refractivity contribution in [1.29, 1.82) is 0 Å². The van der Waals surface area contributed by atoms with E-state index in [1.54, 1.807) is 0 Å². The first-order chi connectivity index (χ1) is 9.69. The predicted molar refractivity (Wildman–Crippen MR) is 73.0 cm³/mol. The van der Waals surface area contributed by atoms with Crippen LogP contribution in [0.1, 0.15) is 0 Å². The molecule has 0 aromatic heterocycles. The molecule has 112 valence electrons. The van der Waals surface area contributed by atoms with Gasteiger partial charge < -0.3 is 5.73 Å². The molecule has 4 nitrogen and oxygen atoms in total. The van der Waals surface area contributed by atoms with Crippen LogP contribution in [0.2, 0.25) is 5.02 Å². The molecule has 2 rings (SSSR count). The molecule has 0 aliphatic carbocycles. The second-order valence-corrected chi connectivity index (χ2v) is 6.16. The Balaban J connectivity index is 2.47. The molecule has 0 unspecified atom stereocenters. The van der Waals surface area contributed by atoms with E-state index in [9.17, 15) is 21.6 Å². The number of nitrogens with one attached hydrogen (secondary N) is 1. The van der Waals surface area contributed by atoms with Gasteiger partial charge in [-0.1, -0.05) is 11.6 Å². The fourth-order valence-electron chi connectivity index (χ4n) is 1.57. The normalized spacial score (nSPS) is 11.4. The van der Waals surface area contributed by atoms with Crippen molar-refractivity contribution in [2.45, 2.75) is 4.90 Å². The maximum atomic E-state index is 13.6. The van der Waals surface area contributed by atoms with Gasteiger partial charge in [-0.25, -0.2) is 21.6 Å². The monoisotopic (exact) mass is 336 g/mol. The Bertz CT molecular complexity index is 769. The van der Waals surface area contributed by atoms with Gasteiger partial charge >= 0.3 is 0 Å². The molecule has 0 spiro atoms. The van der Waals surface area contributed by atoms with Gasteiger partial charge in [0.1, 0.15) is 17.3 Å². The highest BCUT2D eigenvalue weighted by Gasteiger charge is 2.20. The summed E-state index contributed by atoms with van der Waals surface area (Å²) in [5.41, 5.74) is 4.59. The Hall–Kier alpha value is -1.93. The highest BCUT2D eigenvalue weighted by Crippen LogP contribution is 2.29. The number of halogens is 4. The standard InChI is InChI=1S/C12H8ClF3N2O2S/c13-10-3-7(15)4-11(16)12(10)18-21(19,20)9-2-6(14)1-8(17)5-9/h1-5,18H,17H2. The van der Waals surface area contributed by atoms with Gasteiger partial charge in [-0.15, -0.1) is 0 Å². The van der Waals surface area contributed by atoms with Gasteiger partial charge in [0, 0.05) is 11.8 Å². The molecule has 0 heterocycles. The summed E-state index contributed by atoms with van der Waals surface area (Å²) >= 11 is 5.59. The number of rotatable bonds is 3. The number of nitrogens with two attached hydrogens (primary N) is 1. The summed E-state index contributed by atoms with van der Waals surface area (Å²) in [4.78, 5) is -0.514. The van der Waals surface area contributed by atoms with Crippen molar-refractivity contribution in [2.75, 3.05) is 10.5 Å². The maximum absolute atomic E-state index is 13.6. The maximum Gasteiger partial charge on any atom is 0.262 e. The molecule has 0 radical (unpaired) electrons. The van der Waals surface area contributed by atoms with Gasteiger partial charge in [0.05, 0.1) is 9.92 Å². The first kappa shape index (κ1) is 15.5. The Labute approximate surface area is 123 Å². The molecule has 2 aromatic carbocycles. The number of hydrogen-bond donors (Lipinski definition) is 2. The van der Waals surface area contributed by atoms with Gasteiger partial charge in [0.15, 0.2) is 5.82 Å². The third kappa shape index (κ3) is 3.40. The number of nitrogen functional groups attached to an aromatic ring is 1. The SMILES string of the molecule is Nc1cc(F)cc(S(=O)(=O)Nc2c(F)cc(F)cc2Cl)c1. The smallest absolute Gasteiger partial charge is 0.262 e. The van der Waals surface area contributed by atoms with Crippen LogP contribution in [0.5, 0.6) is 0 Å². The molecule has 0 aliphatic heterocycles. The van der Waals surface area contributed by atoms with Crippen LogP contribution in [0.3, 0.4) is 0 Å². The van der Waals surface area contributed by atoms with Gasteiger partial charge in [-0.05, 0) is 24.3 Å². The van der Waals surface area contributed by atoms with E-state index in [0.717, 1.165) is 18.2 Å². The van der Waals surface area contributed by atoms with Crippen molar-refractivity contribution < 1.29 is 21.6 Å². The van der Waals surface area contributed by atoms with E-state index in [-0.39, 0.29) is 5.69 Å². The largest absolute Gasteiger partial charge is 0.399 e. The number of anilines is 2. The van der Waals surface area contributed by atoms with Crippen molar-refractivity contribution in [3.63, 3.8) is 0 Å². The van der Waals surface area contributed by atoms with Crippen molar-refractivity contribution in [1.82, 2.24) is 0 Å². The molecule has 0 fully saturated rings. The lowest BCUT2D eigenvalue weighted by atomic mass is 10.3. The highest BCUT2D eigenvalue weighted by molar-refractivity contribution is 7.92. The third-order valence-electron chi connectivity index (χ3n) is 2.45. The van der Waals surface area contributed by atoms with Gasteiger partial charge in [0.25, 0.3) is 10.0 Å². The average molecular weight is 337 g/mol. The average Bonchev–Trinajstić information content (AvgIpc) is 2.32. The third-order valence-corrected chi connectivity index (χ3v) is 4.07. The summed E-state index contributed by atoms with van der Waals surface area (Å²) in [7, 11) is -4.33. The zero-order chi connectivity index (χ0) is 15.8. The zero-order valence-electron chi connectivity index (χ0n) is 10.2. The molecule has 9 heteroatoms. The van der Waals surface area contributed by atoms with Crippen LogP contribution < -0.4 is 10.5 Å². The van der Waals surface area contributed by atoms with Crippen LogP contribution in [0.25, 0.3) is 0 Å². The summed E-state index contributed by atoms with van der Waals surface area (Å²) in [6.07, 6.45) is 0. The summed E-state index contributed by atoms with van der Waals surface area (Å²) in [6, 6.07) is 3.81. The summed E-state index contributed by atoms with van der Waals surface area (Å²) in [6.45, 7) is 0. The first-order valence-corrected chi connectivity index (χ1v) is 7.28. The Morgan fingerprint density at radius 2 is 1.62 bits per heavy atom. The molecule has 0 atom stereocenters. The van der Waals surface area contributed by atoms with Crippen LogP contribution in [-0.4, -0.2) is 8.42 Å². The van der Waals surface area contributed by atoms with E-state index in [2.05, 4.69) is 0 Å². The lowest BCUT2D eigenvalue weighted by Gasteiger charge is -2.11. The lowest BCUT2D eigenvalue weighted by molar-refractivity contribution is 0.582. The lowest BCUT2D eigenvalue weighted by Crippen LogP contribution is -2.15.